The molecule has 0 atom stereocenters. The third-order valence-corrected chi connectivity index (χ3v) is 6.25. The molecule has 1 aliphatic heterocycles. The summed E-state index contributed by atoms with van der Waals surface area (Å²) in [5.74, 6) is 0.892. The van der Waals surface area contributed by atoms with Gasteiger partial charge in [0, 0.05) is 31.0 Å². The summed E-state index contributed by atoms with van der Waals surface area (Å²) in [5, 5.41) is 3.93. The normalized spacial score (nSPS) is 13.0. The molecule has 0 aliphatic carbocycles. The second-order valence-corrected chi connectivity index (χ2v) is 8.48. The van der Waals surface area contributed by atoms with Crippen LogP contribution in [0.25, 0.3) is 0 Å². The Bertz CT molecular complexity index is 901. The third kappa shape index (κ3) is 5.53. The van der Waals surface area contributed by atoms with Gasteiger partial charge in [-0.25, -0.2) is 0 Å². The summed E-state index contributed by atoms with van der Waals surface area (Å²) in [6, 6.07) is 12.3. The summed E-state index contributed by atoms with van der Waals surface area (Å²) in [6.45, 7) is 0.795. The highest BCUT2D eigenvalue weighted by atomic mass is 35.5. The van der Waals surface area contributed by atoms with Crippen LogP contribution in [0.2, 0.25) is 10.0 Å². The molecule has 0 bridgehead atoms. The zero-order chi connectivity index (χ0) is 20.8. The molecule has 0 saturated heterocycles. The van der Waals surface area contributed by atoms with Gasteiger partial charge in [-0.15, -0.1) is 0 Å². The lowest BCUT2D eigenvalue weighted by Gasteiger charge is -2.13. The topological polar surface area (TPSA) is 66.5 Å². The molecule has 0 spiro atoms. The predicted molar refractivity (Wildman–Crippen MR) is 117 cm³/mol. The van der Waals surface area contributed by atoms with Crippen molar-refractivity contribution in [2.24, 2.45) is 0 Å². The van der Waals surface area contributed by atoms with Crippen molar-refractivity contribution in [2.75, 3.05) is 18.8 Å². The van der Waals surface area contributed by atoms with Crippen molar-refractivity contribution >= 4 is 52.7 Å². The first-order valence-corrected chi connectivity index (χ1v) is 11.1. The molecule has 1 heterocycles. The highest BCUT2D eigenvalue weighted by Gasteiger charge is 2.34. The SMILES string of the molecule is O=C(CCCN1C(=O)c2ccccc2C1=O)NCCSCc1ccc(Cl)c(Cl)c1. The van der Waals surface area contributed by atoms with Gasteiger partial charge in [0.25, 0.3) is 11.8 Å². The molecule has 0 aromatic heterocycles. The Morgan fingerprint density at radius 3 is 2.34 bits per heavy atom. The Morgan fingerprint density at radius 1 is 1.00 bits per heavy atom. The van der Waals surface area contributed by atoms with Crippen LogP contribution < -0.4 is 5.32 Å². The molecule has 152 valence electrons. The molecule has 0 fully saturated rings. The molecule has 8 heteroatoms. The number of imide groups is 1. The van der Waals surface area contributed by atoms with E-state index in [0.717, 1.165) is 17.1 Å². The average molecular weight is 451 g/mol. The average Bonchev–Trinajstić information content (AvgIpc) is 2.95. The van der Waals surface area contributed by atoms with Crippen LogP contribution in [0.5, 0.6) is 0 Å². The number of benzene rings is 2. The molecule has 0 radical (unpaired) electrons. The minimum atomic E-state index is -0.287. The van der Waals surface area contributed by atoms with E-state index >= 15 is 0 Å². The van der Waals surface area contributed by atoms with E-state index in [9.17, 15) is 14.4 Å². The zero-order valence-electron chi connectivity index (χ0n) is 15.6. The quantitative estimate of drug-likeness (QED) is 0.453. The Kier molecular flexibility index (Phi) is 7.58. The fourth-order valence-electron chi connectivity index (χ4n) is 3.01. The first-order chi connectivity index (χ1) is 14.0. The molecular formula is C21H20Cl2N2O3S. The lowest BCUT2D eigenvalue weighted by atomic mass is 10.1. The summed E-state index contributed by atoms with van der Waals surface area (Å²) in [6.07, 6.45) is 0.707. The van der Waals surface area contributed by atoms with Gasteiger partial charge >= 0.3 is 0 Å². The van der Waals surface area contributed by atoms with E-state index in [2.05, 4.69) is 5.32 Å². The highest BCUT2D eigenvalue weighted by Crippen LogP contribution is 2.25. The Hall–Kier alpha value is -2.02. The largest absolute Gasteiger partial charge is 0.355 e. The molecule has 5 nitrogen and oxygen atoms in total. The van der Waals surface area contributed by atoms with Crippen LogP contribution in [0.4, 0.5) is 0 Å². The van der Waals surface area contributed by atoms with Crippen molar-refractivity contribution in [3.8, 4) is 0 Å². The van der Waals surface area contributed by atoms with Crippen LogP contribution in [-0.4, -0.2) is 41.5 Å². The van der Waals surface area contributed by atoms with Crippen LogP contribution in [-0.2, 0) is 10.5 Å². The number of amides is 3. The van der Waals surface area contributed by atoms with Crippen LogP contribution in [0.3, 0.4) is 0 Å². The second-order valence-electron chi connectivity index (χ2n) is 6.56. The summed E-state index contributed by atoms with van der Waals surface area (Å²) in [7, 11) is 0. The molecule has 0 saturated carbocycles. The number of thioether (sulfide) groups is 1. The maximum Gasteiger partial charge on any atom is 0.261 e. The van der Waals surface area contributed by atoms with Gasteiger partial charge in [-0.05, 0) is 36.2 Å². The van der Waals surface area contributed by atoms with Crippen molar-refractivity contribution in [1.29, 1.82) is 0 Å². The molecule has 1 N–H and O–H groups in total. The number of hydrogen-bond donors (Lipinski definition) is 1. The Balaban J connectivity index is 1.31. The van der Waals surface area contributed by atoms with E-state index in [4.69, 9.17) is 23.2 Å². The van der Waals surface area contributed by atoms with Crippen molar-refractivity contribution in [1.82, 2.24) is 10.2 Å². The number of halogens is 2. The van der Waals surface area contributed by atoms with Crippen LogP contribution >= 0.6 is 35.0 Å². The van der Waals surface area contributed by atoms with Gasteiger partial charge in [-0.1, -0.05) is 41.4 Å². The number of carbonyl (C=O) groups is 3. The molecule has 3 rings (SSSR count). The lowest BCUT2D eigenvalue weighted by Crippen LogP contribution is -2.32. The van der Waals surface area contributed by atoms with Gasteiger partial charge in [-0.2, -0.15) is 11.8 Å². The van der Waals surface area contributed by atoms with E-state index in [1.54, 1.807) is 42.1 Å². The number of rotatable bonds is 9. The van der Waals surface area contributed by atoms with Crippen molar-refractivity contribution in [3.05, 3.63) is 69.2 Å². The van der Waals surface area contributed by atoms with Gasteiger partial charge in [0.1, 0.15) is 0 Å². The minimum absolute atomic E-state index is 0.0863. The second kappa shape index (κ2) is 10.1. The van der Waals surface area contributed by atoms with Crippen molar-refractivity contribution in [2.45, 2.75) is 18.6 Å². The van der Waals surface area contributed by atoms with E-state index in [0.29, 0.717) is 34.1 Å². The number of nitrogens with zero attached hydrogens (tertiary/aromatic N) is 1. The zero-order valence-corrected chi connectivity index (χ0v) is 17.9. The molecule has 29 heavy (non-hydrogen) atoms. The van der Waals surface area contributed by atoms with Gasteiger partial charge in [-0.3, -0.25) is 19.3 Å². The van der Waals surface area contributed by atoms with Crippen molar-refractivity contribution in [3.63, 3.8) is 0 Å². The maximum absolute atomic E-state index is 12.3. The molecule has 0 unspecified atom stereocenters. The standard InChI is InChI=1S/C21H20Cl2N2O3S/c22-17-8-7-14(12-18(17)23)13-29-11-9-24-19(26)6-3-10-25-20(27)15-4-1-2-5-16(15)21(25)28/h1-2,4-5,7-8,12H,3,6,9-11,13H2,(H,24,26). The van der Waals surface area contributed by atoms with Gasteiger partial charge in [0.05, 0.1) is 21.2 Å². The van der Waals surface area contributed by atoms with Gasteiger partial charge in [0.2, 0.25) is 5.91 Å². The summed E-state index contributed by atoms with van der Waals surface area (Å²) >= 11 is 13.6. The van der Waals surface area contributed by atoms with Crippen LogP contribution in [0, 0.1) is 0 Å². The first-order valence-electron chi connectivity index (χ1n) is 9.21. The van der Waals surface area contributed by atoms with Gasteiger partial charge in [0.15, 0.2) is 0 Å². The van der Waals surface area contributed by atoms with E-state index in [1.807, 2.05) is 12.1 Å². The molecule has 2 aromatic carbocycles. The van der Waals surface area contributed by atoms with E-state index < -0.39 is 0 Å². The minimum Gasteiger partial charge on any atom is -0.355 e. The van der Waals surface area contributed by atoms with E-state index in [1.165, 1.54) is 4.90 Å². The smallest absolute Gasteiger partial charge is 0.261 e. The van der Waals surface area contributed by atoms with Crippen molar-refractivity contribution < 1.29 is 14.4 Å². The summed E-state index contributed by atoms with van der Waals surface area (Å²) in [4.78, 5) is 37.7. The monoisotopic (exact) mass is 450 g/mol. The Morgan fingerprint density at radius 2 is 1.69 bits per heavy atom. The first kappa shape index (κ1) is 21.7. The van der Waals surface area contributed by atoms with Crippen LogP contribution in [0.1, 0.15) is 39.1 Å². The van der Waals surface area contributed by atoms with Crippen LogP contribution in [0.15, 0.2) is 42.5 Å². The highest BCUT2D eigenvalue weighted by molar-refractivity contribution is 7.98. The fourth-order valence-corrected chi connectivity index (χ4v) is 4.14. The molecule has 1 aliphatic rings. The predicted octanol–water partition coefficient (Wildman–Crippen LogP) is 4.42. The van der Waals surface area contributed by atoms with Gasteiger partial charge < -0.3 is 5.32 Å². The third-order valence-electron chi connectivity index (χ3n) is 4.49. The fraction of sp³-hybridized carbons (Fsp3) is 0.286. The van der Waals surface area contributed by atoms with E-state index in [-0.39, 0.29) is 30.7 Å². The number of fused-ring (bicyclic) bond motifs is 1. The number of carbonyl (C=O) groups excluding carboxylic acids is 3. The number of nitrogens with one attached hydrogen (secondary N) is 1. The molecular weight excluding hydrogens is 431 g/mol. The maximum atomic E-state index is 12.3. The Labute approximate surface area is 183 Å². The molecule has 2 aromatic rings. The lowest BCUT2D eigenvalue weighted by molar-refractivity contribution is -0.121. The molecule has 3 amide bonds. The number of hydrogen-bond acceptors (Lipinski definition) is 4. The summed E-state index contributed by atoms with van der Waals surface area (Å²) < 4.78 is 0. The summed E-state index contributed by atoms with van der Waals surface area (Å²) in [5.41, 5.74) is 1.94.